The standard InChI is InChI=1S/C23H18N2.C13H20N2/c1-16-7-2-5-12-22(16)25-14-13-24-23(25)20-11-6-10-19-18-9-4-3-8-17(18)15-21(19)20;1-11(2)14-9-6-10-15-13-8-5-4-7-12(13)3/h2-14H,15H2,1H3;4,6-7,9-11,15H,5,8H2,1-3H3/b;10-6-,14-9?. The third kappa shape index (κ3) is 6.07. The van der Waals surface area contributed by atoms with Gasteiger partial charge in [-0.3, -0.25) is 9.56 Å². The number of rotatable bonds is 6. The highest BCUT2D eigenvalue weighted by Crippen LogP contribution is 2.41. The highest BCUT2D eigenvalue weighted by molar-refractivity contribution is 5.83. The van der Waals surface area contributed by atoms with E-state index in [1.54, 1.807) is 0 Å². The molecule has 4 nitrogen and oxygen atoms in total. The van der Waals surface area contributed by atoms with Crippen molar-refractivity contribution in [2.75, 3.05) is 0 Å². The highest BCUT2D eigenvalue weighted by Gasteiger charge is 2.23. The summed E-state index contributed by atoms with van der Waals surface area (Å²) in [6, 6.07) is 24.1. The summed E-state index contributed by atoms with van der Waals surface area (Å²) in [4.78, 5) is 8.95. The molecule has 0 spiro atoms. The molecule has 6 rings (SSSR count). The van der Waals surface area contributed by atoms with Gasteiger partial charge in [0.15, 0.2) is 0 Å². The number of nitrogens with one attached hydrogen (secondary N) is 1. The van der Waals surface area contributed by atoms with E-state index in [2.05, 4.69) is 128 Å². The number of nitrogens with zero attached hydrogens (tertiary/aromatic N) is 3. The number of aliphatic imine (C=N–C) groups is 1. The quantitative estimate of drug-likeness (QED) is 0.225. The minimum atomic E-state index is 0.369. The number of para-hydroxylation sites is 1. The normalized spacial score (nSPS) is 14.0. The van der Waals surface area contributed by atoms with Crippen LogP contribution in [-0.4, -0.2) is 21.8 Å². The average molecular weight is 527 g/mol. The minimum absolute atomic E-state index is 0.369. The summed E-state index contributed by atoms with van der Waals surface area (Å²) in [6.45, 7) is 8.41. The molecular formula is C36H38N4. The summed E-state index contributed by atoms with van der Waals surface area (Å²) in [7, 11) is 0. The van der Waals surface area contributed by atoms with Gasteiger partial charge in [0, 0.05) is 47.8 Å². The second kappa shape index (κ2) is 12.6. The maximum Gasteiger partial charge on any atom is 0.144 e. The number of allylic oxidation sites excluding steroid dienone is 5. The largest absolute Gasteiger partial charge is 0.365 e. The topological polar surface area (TPSA) is 42.2 Å². The van der Waals surface area contributed by atoms with Gasteiger partial charge in [0.25, 0.3) is 0 Å². The number of aryl methyl sites for hydroxylation is 1. The van der Waals surface area contributed by atoms with Crippen molar-refractivity contribution < 1.29 is 0 Å². The van der Waals surface area contributed by atoms with Crippen molar-refractivity contribution in [2.45, 2.75) is 53.0 Å². The zero-order chi connectivity index (χ0) is 27.9. The Labute approximate surface area is 238 Å². The van der Waals surface area contributed by atoms with Crippen molar-refractivity contribution in [3.8, 4) is 28.2 Å². The molecule has 0 saturated heterocycles. The molecule has 0 fully saturated rings. The number of imidazole rings is 1. The van der Waals surface area contributed by atoms with Gasteiger partial charge in [-0.05, 0) is 92.5 Å². The summed E-state index contributed by atoms with van der Waals surface area (Å²) >= 11 is 0. The number of fused-ring (bicyclic) bond motifs is 3. The Morgan fingerprint density at radius 3 is 2.52 bits per heavy atom. The molecule has 0 saturated carbocycles. The van der Waals surface area contributed by atoms with Gasteiger partial charge in [-0.2, -0.15) is 0 Å². The van der Waals surface area contributed by atoms with Crippen molar-refractivity contribution in [1.29, 1.82) is 0 Å². The monoisotopic (exact) mass is 526 g/mol. The SMILES string of the molecule is CC1=C(N/C=C\C=NC(C)C)CCC=C1.Cc1ccccc1-n1ccnc1-c1cccc2c1Cc1ccccc1-2. The molecule has 3 aromatic carbocycles. The Morgan fingerprint density at radius 2 is 1.70 bits per heavy atom. The molecule has 40 heavy (non-hydrogen) atoms. The Balaban J connectivity index is 0.000000186. The summed E-state index contributed by atoms with van der Waals surface area (Å²) in [5, 5.41) is 3.30. The molecule has 0 bridgehead atoms. The van der Waals surface area contributed by atoms with Gasteiger partial charge in [0.05, 0.1) is 0 Å². The number of aromatic nitrogens is 2. The van der Waals surface area contributed by atoms with Crippen LogP contribution in [0.25, 0.3) is 28.2 Å². The Bertz CT molecular complexity index is 1600. The Kier molecular flexibility index (Phi) is 8.56. The fraction of sp³-hybridized carbons (Fsp3) is 0.222. The van der Waals surface area contributed by atoms with Gasteiger partial charge in [-0.25, -0.2) is 4.98 Å². The molecule has 0 aliphatic heterocycles. The van der Waals surface area contributed by atoms with Crippen molar-refractivity contribution in [1.82, 2.24) is 14.9 Å². The predicted octanol–water partition coefficient (Wildman–Crippen LogP) is 8.61. The fourth-order valence-corrected chi connectivity index (χ4v) is 5.28. The van der Waals surface area contributed by atoms with E-state index in [1.165, 1.54) is 50.3 Å². The lowest BCUT2D eigenvalue weighted by atomic mass is 10.0. The van der Waals surface area contributed by atoms with E-state index in [1.807, 2.05) is 24.7 Å². The van der Waals surface area contributed by atoms with Gasteiger partial charge < -0.3 is 5.32 Å². The first-order valence-electron chi connectivity index (χ1n) is 14.1. The van der Waals surface area contributed by atoms with E-state index in [0.717, 1.165) is 25.1 Å². The van der Waals surface area contributed by atoms with Gasteiger partial charge in [0.1, 0.15) is 5.82 Å². The smallest absolute Gasteiger partial charge is 0.144 e. The molecule has 1 heterocycles. The van der Waals surface area contributed by atoms with Gasteiger partial charge >= 0.3 is 0 Å². The van der Waals surface area contributed by atoms with Crippen molar-refractivity contribution in [2.24, 2.45) is 4.99 Å². The van der Waals surface area contributed by atoms with Crippen LogP contribution in [0.4, 0.5) is 0 Å². The molecule has 2 aliphatic rings. The van der Waals surface area contributed by atoms with Crippen molar-refractivity contribution in [3.63, 3.8) is 0 Å². The van der Waals surface area contributed by atoms with Crippen LogP contribution >= 0.6 is 0 Å². The molecule has 0 amide bonds. The molecule has 0 unspecified atom stereocenters. The second-order valence-corrected chi connectivity index (χ2v) is 10.6. The average Bonchev–Trinajstić information content (AvgIpc) is 3.59. The summed E-state index contributed by atoms with van der Waals surface area (Å²) in [5.74, 6) is 1.01. The minimum Gasteiger partial charge on any atom is -0.365 e. The zero-order valence-electron chi connectivity index (χ0n) is 23.9. The maximum absolute atomic E-state index is 4.71. The molecule has 2 aliphatic carbocycles. The highest BCUT2D eigenvalue weighted by atomic mass is 15.1. The van der Waals surface area contributed by atoms with Crippen LogP contribution in [-0.2, 0) is 6.42 Å². The molecule has 4 heteroatoms. The van der Waals surface area contributed by atoms with Gasteiger partial charge in [-0.15, -0.1) is 0 Å². The second-order valence-electron chi connectivity index (χ2n) is 10.6. The van der Waals surface area contributed by atoms with Gasteiger partial charge in [0.2, 0.25) is 0 Å². The Morgan fingerprint density at radius 1 is 0.925 bits per heavy atom. The molecule has 1 aromatic heterocycles. The van der Waals surface area contributed by atoms with Crippen molar-refractivity contribution >= 4 is 6.21 Å². The first kappa shape index (κ1) is 27.1. The molecule has 4 aromatic rings. The summed E-state index contributed by atoms with van der Waals surface area (Å²) in [5.41, 5.74) is 11.8. The zero-order valence-corrected chi connectivity index (χ0v) is 23.9. The van der Waals surface area contributed by atoms with Crippen molar-refractivity contribution in [3.05, 3.63) is 132 Å². The lowest BCUT2D eigenvalue weighted by Gasteiger charge is -2.13. The predicted molar refractivity (Wildman–Crippen MR) is 169 cm³/mol. The van der Waals surface area contributed by atoms with E-state index in [-0.39, 0.29) is 0 Å². The third-order valence-corrected chi connectivity index (χ3v) is 7.34. The summed E-state index contributed by atoms with van der Waals surface area (Å²) < 4.78 is 2.20. The molecule has 1 N–H and O–H groups in total. The first-order chi connectivity index (χ1) is 19.5. The van der Waals surface area contributed by atoms with Crippen LogP contribution in [0.2, 0.25) is 0 Å². The lowest BCUT2D eigenvalue weighted by Crippen LogP contribution is -2.08. The first-order valence-corrected chi connectivity index (χ1v) is 14.1. The molecule has 0 atom stereocenters. The van der Waals surface area contributed by atoms with E-state index in [0.29, 0.717) is 6.04 Å². The van der Waals surface area contributed by atoms with E-state index < -0.39 is 0 Å². The van der Waals surface area contributed by atoms with Crippen LogP contribution in [0.5, 0.6) is 0 Å². The molecule has 0 radical (unpaired) electrons. The third-order valence-electron chi connectivity index (χ3n) is 7.34. The Hall–Kier alpha value is -4.44. The van der Waals surface area contributed by atoms with E-state index >= 15 is 0 Å². The molecular weight excluding hydrogens is 488 g/mol. The fourth-order valence-electron chi connectivity index (χ4n) is 5.28. The van der Waals surface area contributed by atoms with Crippen LogP contribution in [0.15, 0.2) is 120 Å². The lowest BCUT2D eigenvalue weighted by molar-refractivity contribution is 0.840. The van der Waals surface area contributed by atoms with Gasteiger partial charge in [-0.1, -0.05) is 72.8 Å². The summed E-state index contributed by atoms with van der Waals surface area (Å²) in [6.07, 6.45) is 17.3. The van der Waals surface area contributed by atoms with Crippen LogP contribution in [0.3, 0.4) is 0 Å². The van der Waals surface area contributed by atoms with E-state index in [4.69, 9.17) is 4.98 Å². The van der Waals surface area contributed by atoms with Crippen LogP contribution < -0.4 is 5.32 Å². The van der Waals surface area contributed by atoms with Crippen LogP contribution in [0.1, 0.15) is 50.3 Å². The number of hydrogen-bond donors (Lipinski definition) is 1. The number of benzene rings is 3. The maximum atomic E-state index is 4.71. The van der Waals surface area contributed by atoms with Crippen LogP contribution in [0, 0.1) is 6.92 Å². The number of hydrogen-bond acceptors (Lipinski definition) is 3. The molecule has 202 valence electrons. The van der Waals surface area contributed by atoms with E-state index in [9.17, 15) is 0 Å².